The molecule has 27 heavy (non-hydrogen) atoms. The van der Waals surface area contributed by atoms with E-state index >= 15 is 0 Å². The van der Waals surface area contributed by atoms with Crippen LogP contribution in [-0.2, 0) is 10.5 Å². The minimum absolute atomic E-state index is 0.202. The lowest BCUT2D eigenvalue weighted by atomic mass is 10.1. The molecule has 0 aromatic heterocycles. The monoisotopic (exact) mass is 395 g/mol. The first kappa shape index (κ1) is 20.4. The van der Waals surface area contributed by atoms with E-state index < -0.39 is 0 Å². The van der Waals surface area contributed by atoms with E-state index in [1.807, 2.05) is 0 Å². The molecule has 1 fully saturated rings. The highest BCUT2D eigenvalue weighted by Crippen LogP contribution is 2.53. The SMILES string of the molecule is CN(CC#CCCC1(c2ccccc2)SCCCS1)CCc1ccccc1. The van der Waals surface area contributed by atoms with Gasteiger partial charge in [-0.15, -0.1) is 29.4 Å². The normalized spacial score (nSPS) is 15.9. The Balaban J connectivity index is 1.46. The summed E-state index contributed by atoms with van der Waals surface area (Å²) in [5, 5.41) is 0. The van der Waals surface area contributed by atoms with Crippen molar-refractivity contribution in [2.24, 2.45) is 0 Å². The highest BCUT2D eigenvalue weighted by molar-refractivity contribution is 8.18. The quantitative estimate of drug-likeness (QED) is 0.556. The van der Waals surface area contributed by atoms with E-state index in [1.165, 1.54) is 29.1 Å². The van der Waals surface area contributed by atoms with Gasteiger partial charge in [-0.25, -0.2) is 0 Å². The lowest BCUT2D eigenvalue weighted by Gasteiger charge is -2.36. The summed E-state index contributed by atoms with van der Waals surface area (Å²) in [6, 6.07) is 21.7. The van der Waals surface area contributed by atoms with Gasteiger partial charge >= 0.3 is 0 Å². The van der Waals surface area contributed by atoms with Crippen LogP contribution in [0, 0.1) is 11.8 Å². The summed E-state index contributed by atoms with van der Waals surface area (Å²) in [5.74, 6) is 9.35. The van der Waals surface area contributed by atoms with Gasteiger partial charge in [0.05, 0.1) is 10.6 Å². The van der Waals surface area contributed by atoms with Gasteiger partial charge in [0.15, 0.2) is 0 Å². The highest BCUT2D eigenvalue weighted by atomic mass is 32.2. The summed E-state index contributed by atoms with van der Waals surface area (Å²) in [6.45, 7) is 1.91. The van der Waals surface area contributed by atoms with Crippen LogP contribution in [0.3, 0.4) is 0 Å². The van der Waals surface area contributed by atoms with Crippen LogP contribution in [0.4, 0.5) is 0 Å². The standard InChI is InChI=1S/C24H29NS2/c1-25(19-16-22-12-5-2-6-13-22)18-10-4-9-17-24(26-20-11-21-27-24)23-14-7-3-8-15-23/h2-3,5-8,12-15H,9,11,16-21H2,1H3. The van der Waals surface area contributed by atoms with Crippen molar-refractivity contribution in [2.45, 2.75) is 29.8 Å². The van der Waals surface area contributed by atoms with Crippen LogP contribution in [0.25, 0.3) is 0 Å². The van der Waals surface area contributed by atoms with Crippen molar-refractivity contribution < 1.29 is 0 Å². The van der Waals surface area contributed by atoms with Crippen molar-refractivity contribution in [2.75, 3.05) is 31.6 Å². The third-order valence-electron chi connectivity index (χ3n) is 4.85. The highest BCUT2D eigenvalue weighted by Gasteiger charge is 2.34. The maximum atomic E-state index is 3.44. The molecule has 2 aromatic rings. The Labute approximate surface area is 173 Å². The molecule has 0 atom stereocenters. The van der Waals surface area contributed by atoms with Crippen LogP contribution in [0.2, 0.25) is 0 Å². The van der Waals surface area contributed by atoms with Crippen molar-refractivity contribution in [1.29, 1.82) is 0 Å². The molecule has 0 aliphatic carbocycles. The van der Waals surface area contributed by atoms with Gasteiger partial charge in [0.25, 0.3) is 0 Å². The molecule has 3 heteroatoms. The van der Waals surface area contributed by atoms with Crippen LogP contribution >= 0.6 is 23.5 Å². The van der Waals surface area contributed by atoms with Crippen LogP contribution in [0.1, 0.15) is 30.4 Å². The average molecular weight is 396 g/mol. The number of likely N-dealkylation sites (N-methyl/N-ethyl adjacent to an activating group) is 1. The first-order valence-corrected chi connectivity index (χ1v) is 11.8. The maximum absolute atomic E-state index is 3.44. The summed E-state index contributed by atoms with van der Waals surface area (Å²) >= 11 is 4.24. The Hall–Kier alpha value is -1.34. The molecule has 0 spiro atoms. The Kier molecular flexibility index (Phi) is 8.20. The number of hydrogen-bond acceptors (Lipinski definition) is 3. The second-order valence-corrected chi connectivity index (χ2v) is 10.0. The topological polar surface area (TPSA) is 3.24 Å². The van der Waals surface area contributed by atoms with Crippen LogP contribution in [-0.4, -0.2) is 36.5 Å². The fourth-order valence-corrected chi connectivity index (χ4v) is 6.62. The van der Waals surface area contributed by atoms with E-state index in [1.54, 1.807) is 0 Å². The van der Waals surface area contributed by atoms with E-state index in [0.29, 0.717) is 0 Å². The Morgan fingerprint density at radius 2 is 1.59 bits per heavy atom. The minimum atomic E-state index is 0.202. The van der Waals surface area contributed by atoms with E-state index in [-0.39, 0.29) is 4.08 Å². The van der Waals surface area contributed by atoms with Crippen LogP contribution in [0.5, 0.6) is 0 Å². The third kappa shape index (κ3) is 6.35. The first-order chi connectivity index (χ1) is 13.3. The van der Waals surface area contributed by atoms with Gasteiger partial charge in [0, 0.05) is 13.0 Å². The van der Waals surface area contributed by atoms with E-state index in [9.17, 15) is 0 Å². The maximum Gasteiger partial charge on any atom is 0.0869 e. The van der Waals surface area contributed by atoms with Crippen molar-refractivity contribution in [3.05, 3.63) is 71.8 Å². The molecule has 0 amide bonds. The smallest absolute Gasteiger partial charge is 0.0869 e. The molecule has 142 valence electrons. The van der Waals surface area contributed by atoms with Gasteiger partial charge in [-0.2, -0.15) is 0 Å². The van der Waals surface area contributed by atoms with Gasteiger partial charge in [0.2, 0.25) is 0 Å². The van der Waals surface area contributed by atoms with Crippen molar-refractivity contribution in [3.63, 3.8) is 0 Å². The Bertz CT molecular complexity index is 727. The van der Waals surface area contributed by atoms with E-state index in [4.69, 9.17) is 0 Å². The van der Waals surface area contributed by atoms with E-state index in [2.05, 4.69) is 108 Å². The van der Waals surface area contributed by atoms with Crippen LogP contribution in [0.15, 0.2) is 60.7 Å². The summed E-state index contributed by atoms with van der Waals surface area (Å²) in [6.07, 6.45) is 4.51. The van der Waals surface area contributed by atoms with Gasteiger partial charge in [-0.3, -0.25) is 4.90 Å². The predicted molar refractivity (Wildman–Crippen MR) is 122 cm³/mol. The summed E-state index contributed by atoms with van der Waals surface area (Å²) < 4.78 is 0.202. The molecule has 1 heterocycles. The predicted octanol–water partition coefficient (Wildman–Crippen LogP) is 5.67. The Morgan fingerprint density at radius 3 is 2.30 bits per heavy atom. The zero-order chi connectivity index (χ0) is 18.8. The molecular formula is C24H29NS2. The van der Waals surface area contributed by atoms with Crippen LogP contribution < -0.4 is 0 Å². The zero-order valence-corrected chi connectivity index (χ0v) is 17.8. The van der Waals surface area contributed by atoms with Crippen molar-refractivity contribution in [1.82, 2.24) is 4.90 Å². The van der Waals surface area contributed by atoms with Crippen molar-refractivity contribution >= 4 is 23.5 Å². The van der Waals surface area contributed by atoms with E-state index in [0.717, 1.165) is 32.4 Å². The van der Waals surface area contributed by atoms with Crippen molar-refractivity contribution in [3.8, 4) is 11.8 Å². The fraction of sp³-hybridized carbons (Fsp3) is 0.417. The summed E-state index contributed by atoms with van der Waals surface area (Å²) in [4.78, 5) is 2.32. The third-order valence-corrected chi connectivity index (χ3v) is 8.36. The number of thioether (sulfide) groups is 2. The molecule has 3 rings (SSSR count). The van der Waals surface area contributed by atoms with Gasteiger partial charge in [0.1, 0.15) is 0 Å². The number of hydrogen-bond donors (Lipinski definition) is 0. The fourth-order valence-electron chi connectivity index (χ4n) is 3.27. The minimum Gasteiger partial charge on any atom is -0.295 e. The molecule has 0 saturated carbocycles. The lowest BCUT2D eigenvalue weighted by molar-refractivity contribution is 0.380. The molecular weight excluding hydrogens is 366 g/mol. The molecule has 1 nitrogen and oxygen atoms in total. The lowest BCUT2D eigenvalue weighted by Crippen LogP contribution is -2.23. The summed E-state index contributed by atoms with van der Waals surface area (Å²) in [7, 11) is 2.16. The second kappa shape index (κ2) is 10.9. The number of rotatable bonds is 7. The molecule has 1 saturated heterocycles. The molecule has 0 bridgehead atoms. The van der Waals surface area contributed by atoms with Gasteiger partial charge in [-0.05, 0) is 48.9 Å². The largest absolute Gasteiger partial charge is 0.295 e. The molecule has 0 radical (unpaired) electrons. The molecule has 0 unspecified atom stereocenters. The zero-order valence-electron chi connectivity index (χ0n) is 16.2. The molecule has 1 aliphatic rings. The number of benzene rings is 2. The van der Waals surface area contributed by atoms with Gasteiger partial charge < -0.3 is 0 Å². The second-order valence-electron chi connectivity index (χ2n) is 7.00. The molecule has 1 aliphatic heterocycles. The van der Waals surface area contributed by atoms with Gasteiger partial charge in [-0.1, -0.05) is 66.6 Å². The Morgan fingerprint density at radius 1 is 0.926 bits per heavy atom. The number of nitrogens with zero attached hydrogens (tertiary/aromatic N) is 1. The molecule has 2 aromatic carbocycles. The first-order valence-electron chi connectivity index (χ1n) is 9.80. The molecule has 0 N–H and O–H groups in total. The summed E-state index contributed by atoms with van der Waals surface area (Å²) in [5.41, 5.74) is 2.86. The average Bonchev–Trinajstić information content (AvgIpc) is 2.74.